The van der Waals surface area contributed by atoms with Crippen LogP contribution >= 0.6 is 15.9 Å². The van der Waals surface area contributed by atoms with E-state index in [2.05, 4.69) is 33.1 Å². The van der Waals surface area contributed by atoms with Gasteiger partial charge in [-0.15, -0.1) is 0 Å². The van der Waals surface area contributed by atoms with E-state index in [4.69, 9.17) is 4.98 Å². The lowest BCUT2D eigenvalue weighted by molar-refractivity contribution is -0.138. The van der Waals surface area contributed by atoms with Crippen LogP contribution < -0.4 is 10.9 Å². The molecule has 0 aliphatic carbocycles. The minimum atomic E-state index is -4.65. The van der Waals surface area contributed by atoms with Gasteiger partial charge in [-0.1, -0.05) is 40.0 Å². The fourth-order valence-electron chi connectivity index (χ4n) is 4.85. The summed E-state index contributed by atoms with van der Waals surface area (Å²) in [4.78, 5) is 45.6. The highest BCUT2D eigenvalue weighted by Crippen LogP contribution is 2.36. The molecule has 3 aromatic carbocycles. The summed E-state index contributed by atoms with van der Waals surface area (Å²) in [6, 6.07) is 18.4. The van der Waals surface area contributed by atoms with Crippen LogP contribution in [0.5, 0.6) is 0 Å². The zero-order chi connectivity index (χ0) is 30.9. The first-order valence-corrected chi connectivity index (χ1v) is 14.0. The smallest absolute Gasteiger partial charge is 0.355 e. The second-order valence-electron chi connectivity index (χ2n) is 9.92. The van der Waals surface area contributed by atoms with Gasteiger partial charge in [0, 0.05) is 39.8 Å². The van der Waals surface area contributed by atoms with E-state index in [-0.39, 0.29) is 40.3 Å². The highest BCUT2D eigenvalue weighted by Gasteiger charge is 2.36. The molecule has 1 N–H and O–H groups in total. The molecule has 43 heavy (non-hydrogen) atoms. The Bertz CT molecular complexity index is 1840. The second kappa shape index (κ2) is 11.9. The van der Waals surface area contributed by atoms with E-state index in [1.165, 1.54) is 28.6 Å². The molecule has 0 radical (unpaired) electrons. The van der Waals surface area contributed by atoms with E-state index in [0.29, 0.717) is 28.1 Å². The first kappa shape index (κ1) is 29.8. The number of hydrogen-bond acceptors (Lipinski definition) is 4. The maximum Gasteiger partial charge on any atom is 0.417 e. The van der Waals surface area contributed by atoms with E-state index >= 15 is 0 Å². The molecule has 7 nitrogen and oxygen atoms in total. The lowest BCUT2D eigenvalue weighted by atomic mass is 9.98. The lowest BCUT2D eigenvalue weighted by Gasteiger charge is -2.34. The van der Waals surface area contributed by atoms with Gasteiger partial charge in [0.1, 0.15) is 0 Å². The van der Waals surface area contributed by atoms with Crippen molar-refractivity contribution in [3.8, 4) is 17.5 Å². The molecule has 1 aliphatic rings. The predicted molar refractivity (Wildman–Crippen MR) is 158 cm³/mol. The lowest BCUT2D eigenvalue weighted by Crippen LogP contribution is -2.46. The molecule has 11 heteroatoms. The summed E-state index contributed by atoms with van der Waals surface area (Å²) in [7, 11) is 1.52. The number of benzene rings is 3. The van der Waals surface area contributed by atoms with E-state index in [1.807, 2.05) is 30.3 Å². The normalized spacial score (nSPS) is 14.4. The topological polar surface area (TPSA) is 84.3 Å². The van der Waals surface area contributed by atoms with Gasteiger partial charge in [0.15, 0.2) is 5.82 Å². The quantitative estimate of drug-likeness (QED) is 0.303. The molecular weight excluding hydrogens is 625 g/mol. The number of carbonyl (C=O) groups is 2. The van der Waals surface area contributed by atoms with E-state index in [9.17, 15) is 27.6 Å². The van der Waals surface area contributed by atoms with Crippen LogP contribution in [-0.2, 0) is 19.1 Å². The molecule has 2 amide bonds. The van der Waals surface area contributed by atoms with Crippen molar-refractivity contribution in [2.24, 2.45) is 0 Å². The van der Waals surface area contributed by atoms with Crippen LogP contribution in [0.4, 0.5) is 13.2 Å². The summed E-state index contributed by atoms with van der Waals surface area (Å²) >= 11 is 2.91. The summed E-state index contributed by atoms with van der Waals surface area (Å²) in [6.07, 6.45) is -4.51. The number of fused-ring (bicyclic) bond motifs is 1. The van der Waals surface area contributed by atoms with Gasteiger partial charge in [0.05, 0.1) is 23.5 Å². The number of rotatable bonds is 3. The Morgan fingerprint density at radius 1 is 1.00 bits per heavy atom. The monoisotopic (exact) mass is 648 g/mol. The molecule has 218 valence electrons. The summed E-state index contributed by atoms with van der Waals surface area (Å²) in [5.74, 6) is 5.21. The summed E-state index contributed by atoms with van der Waals surface area (Å²) in [5, 5.41) is 2.55. The number of aromatic nitrogens is 2. The maximum absolute atomic E-state index is 13.9. The summed E-state index contributed by atoms with van der Waals surface area (Å²) in [6.45, 7) is 1.65. The fourth-order valence-corrected chi connectivity index (χ4v) is 5.32. The molecule has 1 aromatic heterocycles. The van der Waals surface area contributed by atoms with Crippen molar-refractivity contribution in [1.29, 1.82) is 0 Å². The van der Waals surface area contributed by atoms with Crippen LogP contribution in [0.1, 0.15) is 55.8 Å². The molecule has 2 heterocycles. The van der Waals surface area contributed by atoms with Crippen LogP contribution in [0.15, 0.2) is 82.1 Å². The van der Waals surface area contributed by atoms with Crippen molar-refractivity contribution in [2.75, 3.05) is 7.05 Å². The van der Waals surface area contributed by atoms with Crippen molar-refractivity contribution in [3.63, 3.8) is 0 Å². The van der Waals surface area contributed by atoms with Crippen molar-refractivity contribution in [3.05, 3.63) is 127 Å². The van der Waals surface area contributed by atoms with Gasteiger partial charge in [0.25, 0.3) is 17.4 Å². The first-order chi connectivity index (χ1) is 20.5. The predicted octanol–water partition coefficient (Wildman–Crippen LogP) is 5.36. The Hall–Kier alpha value is -4.69. The van der Waals surface area contributed by atoms with Crippen molar-refractivity contribution >= 4 is 27.7 Å². The number of nitrogens with one attached hydrogen (secondary N) is 1. The minimum absolute atomic E-state index is 0.0849. The van der Waals surface area contributed by atoms with Crippen LogP contribution in [0.25, 0.3) is 5.69 Å². The third kappa shape index (κ3) is 6.10. The number of halogens is 4. The number of hydrogen-bond donors (Lipinski definition) is 1. The van der Waals surface area contributed by atoms with Crippen molar-refractivity contribution < 1.29 is 22.8 Å². The van der Waals surface area contributed by atoms with E-state index in [1.54, 1.807) is 31.2 Å². The van der Waals surface area contributed by atoms with Crippen molar-refractivity contribution in [2.45, 2.75) is 32.1 Å². The number of nitrogens with zero attached hydrogens (tertiary/aromatic N) is 3. The van der Waals surface area contributed by atoms with Crippen LogP contribution in [0, 0.1) is 11.8 Å². The number of alkyl halides is 3. The molecule has 1 atom stereocenters. The zero-order valence-electron chi connectivity index (χ0n) is 23.0. The first-order valence-electron chi connectivity index (χ1n) is 13.2. The molecular formula is C32H24BrF3N4O3. The third-order valence-electron chi connectivity index (χ3n) is 7.10. The van der Waals surface area contributed by atoms with Gasteiger partial charge in [-0.25, -0.2) is 4.98 Å². The standard InChI is InChI=1S/C32H24BrF3N4O3/c1-19-16-24-27(18-39(19)30(42)22-11-14-26(33)25(17-22)32(34,35)36)38-28(15-8-20-6-4-3-5-7-20)40(31(24)43)23-12-9-21(10-13-23)29(41)37-2/h3-7,9-14,17,19H,16,18H2,1-2H3,(H,37,41). The molecule has 5 rings (SSSR count). The Labute approximate surface area is 253 Å². The largest absolute Gasteiger partial charge is 0.417 e. The molecule has 1 aliphatic heterocycles. The van der Waals surface area contributed by atoms with Gasteiger partial charge in [-0.2, -0.15) is 13.2 Å². The maximum atomic E-state index is 13.9. The van der Waals surface area contributed by atoms with Gasteiger partial charge < -0.3 is 10.2 Å². The highest BCUT2D eigenvalue weighted by atomic mass is 79.9. The van der Waals surface area contributed by atoms with E-state index < -0.39 is 23.7 Å². The second-order valence-corrected chi connectivity index (χ2v) is 10.8. The Balaban J connectivity index is 1.59. The van der Waals surface area contributed by atoms with Crippen LogP contribution in [0.3, 0.4) is 0 Å². The fraction of sp³-hybridized carbons (Fsp3) is 0.188. The average Bonchev–Trinajstić information content (AvgIpc) is 3.00. The Morgan fingerprint density at radius 2 is 1.67 bits per heavy atom. The van der Waals surface area contributed by atoms with Gasteiger partial charge >= 0.3 is 6.18 Å². The molecule has 0 fully saturated rings. The third-order valence-corrected chi connectivity index (χ3v) is 7.79. The van der Waals surface area contributed by atoms with Crippen LogP contribution in [-0.4, -0.2) is 39.4 Å². The minimum Gasteiger partial charge on any atom is -0.355 e. The van der Waals surface area contributed by atoms with Gasteiger partial charge in [0.2, 0.25) is 0 Å². The van der Waals surface area contributed by atoms with Gasteiger partial charge in [-0.05, 0) is 73.9 Å². The Kier molecular flexibility index (Phi) is 8.24. The molecule has 0 spiro atoms. The number of amides is 2. The average molecular weight is 649 g/mol. The molecule has 4 aromatic rings. The molecule has 1 unspecified atom stereocenters. The van der Waals surface area contributed by atoms with E-state index in [0.717, 1.165) is 6.07 Å². The molecule has 0 saturated carbocycles. The molecule has 0 bridgehead atoms. The zero-order valence-corrected chi connectivity index (χ0v) is 24.6. The van der Waals surface area contributed by atoms with Gasteiger partial charge in [-0.3, -0.25) is 19.0 Å². The SMILES string of the molecule is CNC(=O)c1ccc(-n2c(C#Cc3ccccc3)nc3c(c2=O)CC(C)N(C(=O)c2ccc(Br)c(C(F)(F)F)c2)C3)cc1. The summed E-state index contributed by atoms with van der Waals surface area (Å²) < 4.78 is 41.8. The van der Waals surface area contributed by atoms with Crippen molar-refractivity contribution in [1.82, 2.24) is 19.8 Å². The van der Waals surface area contributed by atoms with Crippen LogP contribution in [0.2, 0.25) is 0 Å². The Morgan fingerprint density at radius 3 is 2.33 bits per heavy atom. The number of carbonyl (C=O) groups excluding carboxylic acids is 2. The summed E-state index contributed by atoms with van der Waals surface area (Å²) in [5.41, 5.74) is 0.792. The molecule has 0 saturated heterocycles. The highest BCUT2D eigenvalue weighted by molar-refractivity contribution is 9.10.